The Morgan fingerprint density at radius 2 is 1.93 bits per heavy atom. The van der Waals surface area contributed by atoms with Crippen molar-refractivity contribution in [3.05, 3.63) is 28.8 Å². The van der Waals surface area contributed by atoms with E-state index in [-0.39, 0.29) is 12.5 Å². The van der Waals surface area contributed by atoms with Crippen molar-refractivity contribution in [1.82, 2.24) is 10.2 Å². The van der Waals surface area contributed by atoms with Gasteiger partial charge in [0, 0.05) is 17.1 Å². The largest absolute Gasteiger partial charge is 0.406 e. The molecule has 0 aliphatic carbocycles. The van der Waals surface area contributed by atoms with Crippen LogP contribution in [0.1, 0.15) is 31.2 Å². The quantitative estimate of drug-likeness (QED) is 0.808. The molecule has 4 rings (SSSR count). The molecule has 0 bridgehead atoms. The predicted molar refractivity (Wildman–Crippen MR) is 98.4 cm³/mol. The topological polar surface area (TPSA) is 52.7 Å². The monoisotopic (exact) mass is 415 g/mol. The molecule has 1 aromatic carbocycles. The van der Waals surface area contributed by atoms with Gasteiger partial charge in [-0.25, -0.2) is 0 Å². The summed E-state index contributed by atoms with van der Waals surface area (Å²) in [6.07, 6.45) is -2.61. The van der Waals surface area contributed by atoms with Crippen LogP contribution in [-0.4, -0.2) is 55.1 Å². The first-order chi connectivity index (χ1) is 13.2. The van der Waals surface area contributed by atoms with Crippen LogP contribution in [0.3, 0.4) is 0 Å². The van der Waals surface area contributed by atoms with E-state index in [9.17, 15) is 22.8 Å². The van der Waals surface area contributed by atoms with Crippen LogP contribution < -0.4 is 10.2 Å². The zero-order valence-corrected chi connectivity index (χ0v) is 15.9. The lowest BCUT2D eigenvalue weighted by Gasteiger charge is -2.39. The third-order valence-electron chi connectivity index (χ3n) is 6.00. The molecule has 28 heavy (non-hydrogen) atoms. The minimum atomic E-state index is -4.47. The Balaban J connectivity index is 1.73. The predicted octanol–water partition coefficient (Wildman–Crippen LogP) is 2.86. The van der Waals surface area contributed by atoms with E-state index in [1.165, 1.54) is 4.90 Å². The van der Waals surface area contributed by atoms with Gasteiger partial charge in [-0.05, 0) is 50.9 Å². The van der Waals surface area contributed by atoms with E-state index in [4.69, 9.17) is 11.6 Å². The van der Waals surface area contributed by atoms with Crippen molar-refractivity contribution in [1.29, 1.82) is 0 Å². The van der Waals surface area contributed by atoms with Crippen LogP contribution in [0, 0.1) is 0 Å². The summed E-state index contributed by atoms with van der Waals surface area (Å²) in [5.74, 6) is -0.863. The van der Waals surface area contributed by atoms with Gasteiger partial charge in [0.15, 0.2) is 0 Å². The highest BCUT2D eigenvalue weighted by Crippen LogP contribution is 2.51. The highest BCUT2D eigenvalue weighted by Gasteiger charge is 2.55. The third kappa shape index (κ3) is 3.06. The van der Waals surface area contributed by atoms with Gasteiger partial charge in [-0.2, -0.15) is 13.2 Å². The molecule has 152 valence electrons. The molecule has 1 unspecified atom stereocenters. The summed E-state index contributed by atoms with van der Waals surface area (Å²) in [5.41, 5.74) is 0.460. The molecule has 2 amide bonds. The highest BCUT2D eigenvalue weighted by molar-refractivity contribution is 6.33. The average molecular weight is 416 g/mol. The Kier molecular flexibility index (Phi) is 4.82. The van der Waals surface area contributed by atoms with E-state index in [1.54, 1.807) is 18.2 Å². The van der Waals surface area contributed by atoms with Crippen LogP contribution >= 0.6 is 11.6 Å². The van der Waals surface area contributed by atoms with E-state index in [0.29, 0.717) is 55.0 Å². The lowest BCUT2D eigenvalue weighted by molar-refractivity contribution is -0.164. The maximum atomic E-state index is 13.6. The molecule has 1 spiro atoms. The summed E-state index contributed by atoms with van der Waals surface area (Å²) in [7, 11) is 0. The Morgan fingerprint density at radius 3 is 2.61 bits per heavy atom. The molecule has 0 radical (unpaired) electrons. The average Bonchev–Trinajstić information content (AvgIpc) is 2.86. The summed E-state index contributed by atoms with van der Waals surface area (Å²) in [6, 6.07) is 4.25. The number of rotatable bonds is 2. The van der Waals surface area contributed by atoms with Crippen LogP contribution in [0.5, 0.6) is 0 Å². The molecule has 0 aromatic heterocycles. The molecule has 3 aliphatic heterocycles. The van der Waals surface area contributed by atoms with Crippen LogP contribution in [0.15, 0.2) is 18.2 Å². The fourth-order valence-electron chi connectivity index (χ4n) is 4.79. The second-order valence-electron chi connectivity index (χ2n) is 7.67. The molecular formula is C19H21ClF3N3O2. The minimum absolute atomic E-state index is 0.0499. The lowest BCUT2D eigenvalue weighted by Crippen LogP contribution is -2.57. The molecule has 2 saturated heterocycles. The van der Waals surface area contributed by atoms with Crippen molar-refractivity contribution in [3.8, 4) is 0 Å². The van der Waals surface area contributed by atoms with E-state index >= 15 is 0 Å². The molecule has 9 heteroatoms. The van der Waals surface area contributed by atoms with Crippen molar-refractivity contribution < 1.29 is 22.8 Å². The number of likely N-dealkylation sites (tertiary alicyclic amines) is 1. The Bertz CT molecular complexity index is 808. The zero-order chi connectivity index (χ0) is 20.1. The number of piperidine rings is 2. The smallest absolute Gasteiger partial charge is 0.332 e. The Hall–Kier alpha value is -1.80. The lowest BCUT2D eigenvalue weighted by atomic mass is 9.74. The summed E-state index contributed by atoms with van der Waals surface area (Å²) < 4.78 is 38.6. The standard InChI is InChI=1S/C19H21ClF3N3O2/c20-12-3-1-4-13-15(12)18(6-8-24-9-7-18)17(28)26(13)14-5-2-10-25(16(14)27)11-19(21,22)23/h1,3-4,14,24H,2,5-11H2. The van der Waals surface area contributed by atoms with Crippen molar-refractivity contribution in [2.45, 2.75) is 43.3 Å². The maximum Gasteiger partial charge on any atom is 0.406 e. The van der Waals surface area contributed by atoms with Gasteiger partial charge in [-0.15, -0.1) is 0 Å². The van der Waals surface area contributed by atoms with Crippen molar-refractivity contribution in [2.75, 3.05) is 31.1 Å². The Labute approximate surface area is 165 Å². The highest BCUT2D eigenvalue weighted by atomic mass is 35.5. The number of hydrogen-bond acceptors (Lipinski definition) is 3. The van der Waals surface area contributed by atoms with Crippen LogP contribution in [0.2, 0.25) is 5.02 Å². The number of amides is 2. The number of nitrogens with one attached hydrogen (secondary N) is 1. The number of benzene rings is 1. The number of carbonyl (C=O) groups is 2. The Morgan fingerprint density at radius 1 is 1.21 bits per heavy atom. The first-order valence-corrected chi connectivity index (χ1v) is 9.81. The number of hydrogen-bond donors (Lipinski definition) is 1. The third-order valence-corrected chi connectivity index (χ3v) is 6.31. The fourth-order valence-corrected chi connectivity index (χ4v) is 5.14. The van der Waals surface area contributed by atoms with Gasteiger partial charge in [-0.3, -0.25) is 14.5 Å². The SMILES string of the molecule is O=C1C(N2C(=O)C3(CCNCC3)c3c(Cl)cccc32)CCCN1CC(F)(F)F. The normalized spacial score (nSPS) is 24.8. The molecule has 1 aromatic rings. The first-order valence-electron chi connectivity index (χ1n) is 9.43. The van der Waals surface area contributed by atoms with Crippen LogP contribution in [0.25, 0.3) is 0 Å². The van der Waals surface area contributed by atoms with E-state index in [1.807, 2.05) is 0 Å². The van der Waals surface area contributed by atoms with Gasteiger partial charge >= 0.3 is 6.18 Å². The van der Waals surface area contributed by atoms with Gasteiger partial charge in [-0.1, -0.05) is 17.7 Å². The molecule has 2 fully saturated rings. The molecular weight excluding hydrogens is 395 g/mol. The van der Waals surface area contributed by atoms with Gasteiger partial charge < -0.3 is 10.2 Å². The molecule has 1 atom stereocenters. The molecule has 3 heterocycles. The summed E-state index contributed by atoms with van der Waals surface area (Å²) in [5, 5.41) is 3.69. The van der Waals surface area contributed by atoms with Crippen LogP contribution in [-0.2, 0) is 15.0 Å². The van der Waals surface area contributed by atoms with Crippen molar-refractivity contribution in [3.63, 3.8) is 0 Å². The minimum Gasteiger partial charge on any atom is -0.332 e. The number of carbonyl (C=O) groups excluding carboxylic acids is 2. The van der Waals surface area contributed by atoms with E-state index in [0.717, 1.165) is 4.90 Å². The number of anilines is 1. The van der Waals surface area contributed by atoms with Crippen molar-refractivity contribution >= 4 is 29.1 Å². The summed E-state index contributed by atoms with van der Waals surface area (Å²) in [4.78, 5) is 28.7. The zero-order valence-electron chi connectivity index (χ0n) is 15.2. The van der Waals surface area contributed by atoms with Gasteiger partial charge in [0.2, 0.25) is 11.8 Å². The summed E-state index contributed by atoms with van der Waals surface area (Å²) >= 11 is 6.47. The molecule has 3 aliphatic rings. The number of nitrogens with zero attached hydrogens (tertiary/aromatic N) is 2. The number of halogens is 4. The fraction of sp³-hybridized carbons (Fsp3) is 0.579. The summed E-state index contributed by atoms with van der Waals surface area (Å²) in [6.45, 7) is 0.0439. The molecule has 1 N–H and O–H groups in total. The van der Waals surface area contributed by atoms with E-state index in [2.05, 4.69) is 5.32 Å². The number of alkyl halides is 3. The van der Waals surface area contributed by atoms with Gasteiger partial charge in [0.1, 0.15) is 12.6 Å². The van der Waals surface area contributed by atoms with E-state index < -0.39 is 30.1 Å². The van der Waals surface area contributed by atoms with Crippen molar-refractivity contribution in [2.24, 2.45) is 0 Å². The van der Waals surface area contributed by atoms with Crippen LogP contribution in [0.4, 0.5) is 18.9 Å². The first kappa shape index (κ1) is 19.5. The van der Waals surface area contributed by atoms with Gasteiger partial charge in [0.25, 0.3) is 0 Å². The number of fused-ring (bicyclic) bond motifs is 2. The molecule has 0 saturated carbocycles. The second-order valence-corrected chi connectivity index (χ2v) is 8.08. The van der Waals surface area contributed by atoms with Gasteiger partial charge in [0.05, 0.1) is 11.1 Å². The molecule has 5 nitrogen and oxygen atoms in total. The second kappa shape index (κ2) is 6.91. The maximum absolute atomic E-state index is 13.6.